The van der Waals surface area contributed by atoms with E-state index in [1.807, 2.05) is 0 Å². The van der Waals surface area contributed by atoms with Gasteiger partial charge in [0.05, 0.1) is 22.6 Å². The molecule has 3 rings (SSSR count). The van der Waals surface area contributed by atoms with Gasteiger partial charge in [0.2, 0.25) is 11.8 Å². The van der Waals surface area contributed by atoms with Crippen LogP contribution < -0.4 is 11.1 Å². The molecule has 0 bridgehead atoms. The highest BCUT2D eigenvalue weighted by atomic mass is 32.2. The van der Waals surface area contributed by atoms with Gasteiger partial charge in [-0.3, -0.25) is 24.3 Å². The molecule has 0 radical (unpaired) electrons. The molecule has 0 unspecified atom stereocenters. The van der Waals surface area contributed by atoms with Crippen LogP contribution in [0.4, 0.5) is 11.4 Å². The van der Waals surface area contributed by atoms with Crippen molar-refractivity contribution in [3.63, 3.8) is 0 Å². The monoisotopic (exact) mass is 430 g/mol. The zero-order valence-corrected chi connectivity index (χ0v) is 16.7. The Hall–Kier alpha value is -3.67. The van der Waals surface area contributed by atoms with E-state index in [2.05, 4.69) is 15.5 Å². The first-order chi connectivity index (χ1) is 14.3. The Morgan fingerprint density at radius 2 is 2.13 bits per heavy atom. The summed E-state index contributed by atoms with van der Waals surface area (Å²) >= 11 is 1.11. The quantitative estimate of drug-likeness (QED) is 0.297. The lowest BCUT2D eigenvalue weighted by atomic mass is 10.2. The number of hydrogen-bond acceptors (Lipinski definition) is 8. The van der Waals surface area contributed by atoms with E-state index in [-0.39, 0.29) is 30.3 Å². The molecule has 2 heterocycles. The molecule has 0 atom stereocenters. The van der Waals surface area contributed by atoms with Gasteiger partial charge in [0.25, 0.3) is 5.69 Å². The number of anilines is 1. The lowest BCUT2D eigenvalue weighted by Gasteiger charge is -2.09. The summed E-state index contributed by atoms with van der Waals surface area (Å²) in [5.74, 6) is 0.0142. The fourth-order valence-electron chi connectivity index (χ4n) is 2.58. The summed E-state index contributed by atoms with van der Waals surface area (Å²) in [5.41, 5.74) is 6.20. The first kappa shape index (κ1) is 21.0. The van der Waals surface area contributed by atoms with Gasteiger partial charge in [-0.25, -0.2) is 0 Å². The standard InChI is InChI=1S/C18H18N6O5S/c1-11-4-5-12(24(27)28)9-13(11)20-16(26)10-30-18-22-21-17(14-3-2-8-29-14)23(18)7-6-15(19)25/h2-5,8-9H,6-7,10H2,1H3,(H2,19,25)(H,20,26). The molecule has 0 saturated carbocycles. The number of benzene rings is 1. The molecule has 0 spiro atoms. The molecular weight excluding hydrogens is 412 g/mol. The zero-order chi connectivity index (χ0) is 21.7. The second kappa shape index (κ2) is 9.22. The molecule has 3 aromatic rings. The SMILES string of the molecule is Cc1ccc([N+](=O)[O-])cc1NC(=O)CSc1nnc(-c2ccco2)n1CCC(N)=O. The molecular formula is C18H18N6O5S. The number of nitro benzene ring substituents is 1. The van der Waals surface area contributed by atoms with Crippen LogP contribution >= 0.6 is 11.8 Å². The summed E-state index contributed by atoms with van der Waals surface area (Å²) in [7, 11) is 0. The molecule has 2 aromatic heterocycles. The third kappa shape index (κ3) is 5.03. The average molecular weight is 430 g/mol. The molecule has 0 aliphatic heterocycles. The minimum Gasteiger partial charge on any atom is -0.461 e. The van der Waals surface area contributed by atoms with Crippen LogP contribution in [0.3, 0.4) is 0 Å². The number of carbonyl (C=O) groups excluding carboxylic acids is 2. The Labute approximate surface area is 174 Å². The Morgan fingerprint density at radius 1 is 1.33 bits per heavy atom. The molecule has 0 aliphatic carbocycles. The number of nitro groups is 1. The van der Waals surface area contributed by atoms with Crippen molar-refractivity contribution >= 4 is 35.0 Å². The largest absolute Gasteiger partial charge is 0.461 e. The van der Waals surface area contributed by atoms with E-state index in [1.54, 1.807) is 29.7 Å². The zero-order valence-electron chi connectivity index (χ0n) is 15.9. The van der Waals surface area contributed by atoms with Gasteiger partial charge < -0.3 is 15.5 Å². The average Bonchev–Trinajstić information content (AvgIpc) is 3.35. The highest BCUT2D eigenvalue weighted by Gasteiger charge is 2.18. The Bertz CT molecular complexity index is 1080. The van der Waals surface area contributed by atoms with Crippen LogP contribution in [0.15, 0.2) is 46.2 Å². The number of hydrogen-bond donors (Lipinski definition) is 2. The number of non-ortho nitro benzene ring substituents is 1. The maximum Gasteiger partial charge on any atom is 0.271 e. The highest BCUT2D eigenvalue weighted by molar-refractivity contribution is 7.99. The van der Waals surface area contributed by atoms with E-state index in [4.69, 9.17) is 10.2 Å². The van der Waals surface area contributed by atoms with Gasteiger partial charge in [0, 0.05) is 25.1 Å². The number of amides is 2. The lowest BCUT2D eigenvalue weighted by molar-refractivity contribution is -0.384. The summed E-state index contributed by atoms with van der Waals surface area (Å²) < 4.78 is 7.00. The third-order valence-corrected chi connectivity index (χ3v) is 5.05. The van der Waals surface area contributed by atoms with Crippen LogP contribution in [0.25, 0.3) is 11.6 Å². The molecule has 0 aliphatic rings. The van der Waals surface area contributed by atoms with Gasteiger partial charge >= 0.3 is 0 Å². The first-order valence-electron chi connectivity index (χ1n) is 8.78. The Morgan fingerprint density at radius 3 is 2.80 bits per heavy atom. The van der Waals surface area contributed by atoms with Gasteiger partial charge in [-0.05, 0) is 24.6 Å². The van der Waals surface area contributed by atoms with E-state index in [1.165, 1.54) is 18.4 Å². The van der Waals surface area contributed by atoms with Crippen molar-refractivity contribution in [1.82, 2.24) is 14.8 Å². The van der Waals surface area contributed by atoms with Crippen LogP contribution in [0, 0.1) is 17.0 Å². The van der Waals surface area contributed by atoms with E-state index < -0.39 is 10.8 Å². The molecule has 2 amide bonds. The second-order valence-corrected chi connectivity index (χ2v) is 7.19. The first-order valence-corrected chi connectivity index (χ1v) is 9.77. The number of aromatic nitrogens is 3. The van der Waals surface area contributed by atoms with E-state index in [0.29, 0.717) is 28.0 Å². The fraction of sp³-hybridized carbons (Fsp3) is 0.222. The number of thioether (sulfide) groups is 1. The summed E-state index contributed by atoms with van der Waals surface area (Å²) in [5, 5.41) is 22.2. The van der Waals surface area contributed by atoms with Crippen molar-refractivity contribution in [2.45, 2.75) is 25.0 Å². The topological polar surface area (TPSA) is 159 Å². The maximum absolute atomic E-state index is 12.4. The normalized spacial score (nSPS) is 10.7. The summed E-state index contributed by atoms with van der Waals surface area (Å²) in [6.45, 7) is 1.97. The van der Waals surface area contributed by atoms with Gasteiger partial charge in [-0.1, -0.05) is 17.8 Å². The van der Waals surface area contributed by atoms with E-state index in [9.17, 15) is 19.7 Å². The summed E-state index contributed by atoms with van der Waals surface area (Å²) in [6.07, 6.45) is 1.56. The van der Waals surface area contributed by atoms with E-state index >= 15 is 0 Å². The third-order valence-electron chi connectivity index (χ3n) is 4.08. The van der Waals surface area contributed by atoms with E-state index in [0.717, 1.165) is 11.8 Å². The number of carbonyl (C=O) groups is 2. The van der Waals surface area contributed by atoms with Gasteiger partial charge in [-0.15, -0.1) is 10.2 Å². The van der Waals surface area contributed by atoms with Crippen molar-refractivity contribution in [3.8, 4) is 11.6 Å². The molecule has 12 heteroatoms. The fourth-order valence-corrected chi connectivity index (χ4v) is 3.35. The minimum absolute atomic E-state index is 0.0189. The lowest BCUT2D eigenvalue weighted by Crippen LogP contribution is -2.17. The number of nitrogens with two attached hydrogens (primary N) is 1. The number of furan rings is 1. The number of nitrogens with zero attached hydrogens (tertiary/aromatic N) is 4. The summed E-state index contributed by atoms with van der Waals surface area (Å²) in [4.78, 5) is 34.0. The van der Waals surface area contributed by atoms with Crippen molar-refractivity contribution in [1.29, 1.82) is 0 Å². The maximum atomic E-state index is 12.4. The second-order valence-electron chi connectivity index (χ2n) is 6.24. The molecule has 156 valence electrons. The van der Waals surface area contributed by atoms with Crippen molar-refractivity contribution in [2.24, 2.45) is 5.73 Å². The van der Waals surface area contributed by atoms with Crippen LogP contribution in [-0.4, -0.2) is 37.3 Å². The number of rotatable bonds is 9. The molecule has 30 heavy (non-hydrogen) atoms. The van der Waals surface area contributed by atoms with Crippen LogP contribution in [0.5, 0.6) is 0 Å². The van der Waals surface area contributed by atoms with Gasteiger partial charge in [-0.2, -0.15) is 0 Å². The molecule has 3 N–H and O–H groups in total. The predicted molar refractivity (Wildman–Crippen MR) is 109 cm³/mol. The number of primary amides is 1. The summed E-state index contributed by atoms with van der Waals surface area (Å²) in [6, 6.07) is 7.65. The Kier molecular flexibility index (Phi) is 6.47. The molecule has 0 fully saturated rings. The van der Waals surface area contributed by atoms with Crippen LogP contribution in [0.2, 0.25) is 0 Å². The number of nitrogens with one attached hydrogen (secondary N) is 1. The predicted octanol–water partition coefficient (Wildman–Crippen LogP) is 2.36. The molecule has 11 nitrogen and oxygen atoms in total. The van der Waals surface area contributed by atoms with Gasteiger partial charge in [0.15, 0.2) is 16.7 Å². The molecule has 1 aromatic carbocycles. The smallest absolute Gasteiger partial charge is 0.271 e. The van der Waals surface area contributed by atoms with Crippen LogP contribution in [-0.2, 0) is 16.1 Å². The van der Waals surface area contributed by atoms with Crippen LogP contribution in [0.1, 0.15) is 12.0 Å². The Balaban J connectivity index is 1.72. The highest BCUT2D eigenvalue weighted by Crippen LogP contribution is 2.26. The minimum atomic E-state index is -0.527. The van der Waals surface area contributed by atoms with Crippen molar-refractivity contribution in [3.05, 3.63) is 52.3 Å². The van der Waals surface area contributed by atoms with Crippen molar-refractivity contribution < 1.29 is 18.9 Å². The number of aryl methyl sites for hydroxylation is 1. The van der Waals surface area contributed by atoms with Gasteiger partial charge in [0.1, 0.15) is 0 Å². The molecule has 0 saturated heterocycles. The van der Waals surface area contributed by atoms with Crippen molar-refractivity contribution in [2.75, 3.05) is 11.1 Å².